The fourth-order valence-electron chi connectivity index (χ4n) is 3.97. The number of amides is 1. The summed E-state index contributed by atoms with van der Waals surface area (Å²) in [5.74, 6) is -1.46. The Kier molecular flexibility index (Phi) is 7.13. The highest BCUT2D eigenvalue weighted by atomic mass is 16.6. The monoisotopic (exact) mass is 524 g/mol. The first-order valence-corrected chi connectivity index (χ1v) is 12.2. The van der Waals surface area contributed by atoms with Crippen LogP contribution in [0.5, 0.6) is 0 Å². The van der Waals surface area contributed by atoms with Gasteiger partial charge in [0.1, 0.15) is 23.6 Å². The van der Waals surface area contributed by atoms with Crippen LogP contribution in [0.25, 0.3) is 11.8 Å². The second kappa shape index (κ2) is 10.8. The Labute approximate surface area is 222 Å². The van der Waals surface area contributed by atoms with Crippen molar-refractivity contribution in [2.75, 3.05) is 11.6 Å². The molecule has 0 bridgehead atoms. The summed E-state index contributed by atoms with van der Waals surface area (Å²) in [6.07, 6.45) is 5.59. The highest BCUT2D eigenvalue weighted by Gasteiger charge is 2.42. The predicted octanol–water partition coefficient (Wildman–Crippen LogP) is 2.60. The van der Waals surface area contributed by atoms with E-state index in [-0.39, 0.29) is 34.9 Å². The highest BCUT2D eigenvalue weighted by molar-refractivity contribution is 6.56. The first-order valence-electron chi connectivity index (χ1n) is 12.2. The number of benzene rings is 2. The Morgan fingerprint density at radius 2 is 1.67 bits per heavy atom. The van der Waals surface area contributed by atoms with Crippen molar-refractivity contribution in [1.29, 1.82) is 0 Å². The van der Waals surface area contributed by atoms with Gasteiger partial charge in [0.05, 0.1) is 29.1 Å². The molecule has 2 aliphatic rings. The Hall–Kier alpha value is -4.93. The Morgan fingerprint density at radius 3 is 2.28 bits per heavy atom. The number of ether oxygens (including phenoxy) is 1. The van der Waals surface area contributed by atoms with Gasteiger partial charge in [0.15, 0.2) is 0 Å². The number of nitrogens with one attached hydrogen (secondary N) is 1. The molecule has 39 heavy (non-hydrogen) atoms. The molecule has 2 atom stereocenters. The van der Waals surface area contributed by atoms with Gasteiger partial charge in [0, 0.05) is 0 Å². The normalized spacial score (nSPS) is 18.8. The van der Waals surface area contributed by atoms with Crippen molar-refractivity contribution in [3.8, 4) is 5.69 Å². The van der Waals surface area contributed by atoms with Crippen molar-refractivity contribution in [2.45, 2.75) is 19.1 Å². The summed E-state index contributed by atoms with van der Waals surface area (Å²) < 4.78 is 6.32. The molecule has 1 amide bonds. The summed E-state index contributed by atoms with van der Waals surface area (Å²) in [5, 5.41) is 18.0. The van der Waals surface area contributed by atoms with E-state index in [0.717, 1.165) is 0 Å². The van der Waals surface area contributed by atoms with Crippen LogP contribution >= 0.6 is 0 Å². The zero-order chi connectivity index (χ0) is 27.5. The predicted molar refractivity (Wildman–Crippen MR) is 145 cm³/mol. The molecular weight excluding hydrogens is 500 g/mol. The maximum absolute atomic E-state index is 13.1. The fraction of sp³-hybridized carbons (Fsp3) is 0.138. The van der Waals surface area contributed by atoms with E-state index in [9.17, 15) is 24.3 Å². The van der Waals surface area contributed by atoms with Gasteiger partial charge in [-0.25, -0.2) is 4.68 Å². The lowest BCUT2D eigenvalue weighted by Crippen LogP contribution is -2.23. The summed E-state index contributed by atoms with van der Waals surface area (Å²) in [5.41, 5.74) is 0.744. The third-order valence-corrected chi connectivity index (χ3v) is 6.05. The lowest BCUT2D eigenvalue weighted by Gasteiger charge is -2.10. The molecule has 3 heterocycles. The largest absolute Gasteiger partial charge is 0.385 e. The number of H-pyrrole nitrogens is 1. The third kappa shape index (κ3) is 5.24. The number of Topliss-reactive ketones (excluding diaryl/α,β-unsaturated/α-hetero) is 2. The number of allylic oxidation sites excluding steroid dienone is 4. The number of hydrogen-bond donors (Lipinski definition) is 2. The molecule has 2 unspecified atom stereocenters. The van der Waals surface area contributed by atoms with Crippen LogP contribution in [0.3, 0.4) is 0 Å². The summed E-state index contributed by atoms with van der Waals surface area (Å²) >= 11 is 0. The maximum Gasteiger partial charge on any atom is 0.281 e. The second-order valence-corrected chi connectivity index (χ2v) is 8.83. The highest BCUT2D eigenvalue weighted by Crippen LogP contribution is 2.26. The van der Waals surface area contributed by atoms with E-state index < -0.39 is 29.5 Å². The van der Waals surface area contributed by atoms with Crippen molar-refractivity contribution in [3.05, 3.63) is 112 Å². The molecule has 0 radical (unpaired) electrons. The third-order valence-electron chi connectivity index (χ3n) is 6.05. The number of epoxide rings is 1. The molecule has 1 saturated heterocycles. The number of aromatic nitrogens is 2. The minimum absolute atomic E-state index is 0.0150. The number of para-hydroxylation sites is 2. The Balaban J connectivity index is 1.43. The summed E-state index contributed by atoms with van der Waals surface area (Å²) in [6, 6.07) is 17.5. The van der Waals surface area contributed by atoms with Crippen molar-refractivity contribution in [1.82, 2.24) is 9.78 Å². The van der Waals surface area contributed by atoms with Gasteiger partial charge < -0.3 is 9.84 Å². The van der Waals surface area contributed by atoms with Gasteiger partial charge in [0.2, 0.25) is 11.6 Å². The zero-order valence-corrected chi connectivity index (χ0v) is 20.9. The fourth-order valence-corrected chi connectivity index (χ4v) is 3.97. The number of aliphatic hydroxyl groups excluding tert-OH is 1. The van der Waals surface area contributed by atoms with Crippen LogP contribution in [0.4, 0.5) is 5.69 Å². The average Bonchev–Trinajstić information content (AvgIpc) is 3.69. The first kappa shape index (κ1) is 25.7. The smallest absolute Gasteiger partial charge is 0.281 e. The van der Waals surface area contributed by atoms with Gasteiger partial charge in [-0.2, -0.15) is 10.1 Å². The minimum atomic E-state index is -1.31. The van der Waals surface area contributed by atoms with Crippen LogP contribution in [0, 0.1) is 0 Å². The summed E-state index contributed by atoms with van der Waals surface area (Å²) in [6.45, 7) is 1.61. The van der Waals surface area contributed by atoms with Gasteiger partial charge in [0.25, 0.3) is 11.5 Å². The Morgan fingerprint density at radius 1 is 1.03 bits per heavy atom. The molecule has 0 aliphatic carbocycles. The van der Waals surface area contributed by atoms with Gasteiger partial charge in [-0.05, 0) is 43.3 Å². The van der Waals surface area contributed by atoms with E-state index in [1.54, 1.807) is 60.7 Å². The number of hydrogen-bond acceptors (Lipinski definition) is 7. The van der Waals surface area contributed by atoms with Crippen molar-refractivity contribution < 1.29 is 24.2 Å². The number of carbonyl (C=O) groups excluding carboxylic acids is 3. The van der Waals surface area contributed by atoms with Crippen LogP contribution in [0.15, 0.2) is 100 Å². The van der Waals surface area contributed by atoms with Crippen molar-refractivity contribution >= 4 is 34.9 Å². The molecule has 0 saturated carbocycles. The van der Waals surface area contributed by atoms with Crippen molar-refractivity contribution in [3.63, 3.8) is 0 Å². The number of anilines is 1. The van der Waals surface area contributed by atoms with Crippen LogP contribution in [-0.4, -0.2) is 56.9 Å². The number of ketones is 2. The Bertz CT molecular complexity index is 1610. The van der Waals surface area contributed by atoms with E-state index >= 15 is 0 Å². The first-order chi connectivity index (χ1) is 18.9. The lowest BCUT2D eigenvalue weighted by atomic mass is 10.0. The molecule has 5 rings (SSSR count). The molecule has 196 valence electrons. The standard InChI is InChI=1S/C29H24N4O6/c1-18(34)26(35)24-21(28(37)32(30-24)19-11-5-2-6-12-19)15-9-4-10-16-22-25(27(36)23-17-39-23)31-33(29(22)38)20-13-7-3-8-14-20/h2-16,18,23,30,34H,17H2,1H3/b10-4+,15-9+,22-16-. The van der Waals surface area contributed by atoms with Gasteiger partial charge in [-0.1, -0.05) is 54.6 Å². The average molecular weight is 525 g/mol. The van der Waals surface area contributed by atoms with Crippen LogP contribution in [0.2, 0.25) is 0 Å². The molecule has 10 nitrogen and oxygen atoms in total. The molecule has 2 aliphatic heterocycles. The molecule has 1 aromatic heterocycles. The van der Waals surface area contributed by atoms with E-state index in [4.69, 9.17) is 4.74 Å². The van der Waals surface area contributed by atoms with E-state index in [1.165, 1.54) is 40.9 Å². The quantitative estimate of drug-likeness (QED) is 0.191. The molecular formula is C29H24N4O6. The van der Waals surface area contributed by atoms with Crippen LogP contribution in [0.1, 0.15) is 23.0 Å². The summed E-state index contributed by atoms with van der Waals surface area (Å²) in [7, 11) is 0. The van der Waals surface area contributed by atoms with Gasteiger partial charge in [-0.3, -0.25) is 24.3 Å². The molecule has 3 aromatic rings. The summed E-state index contributed by atoms with van der Waals surface area (Å²) in [4.78, 5) is 51.5. The van der Waals surface area contributed by atoms with Crippen LogP contribution < -0.4 is 10.6 Å². The second-order valence-electron chi connectivity index (χ2n) is 8.83. The number of hydrazone groups is 1. The van der Waals surface area contributed by atoms with Crippen molar-refractivity contribution in [2.24, 2.45) is 5.10 Å². The maximum atomic E-state index is 13.1. The van der Waals surface area contributed by atoms with Gasteiger partial charge in [-0.15, -0.1) is 0 Å². The van der Waals surface area contributed by atoms with Crippen LogP contribution in [-0.2, 0) is 14.3 Å². The van der Waals surface area contributed by atoms with Gasteiger partial charge >= 0.3 is 0 Å². The number of nitrogens with zero attached hydrogens (tertiary/aromatic N) is 3. The lowest BCUT2D eigenvalue weighted by molar-refractivity contribution is -0.115. The number of carbonyl (C=O) groups is 3. The number of aromatic amines is 1. The molecule has 2 aromatic carbocycles. The van der Waals surface area contributed by atoms with E-state index in [0.29, 0.717) is 11.4 Å². The minimum Gasteiger partial charge on any atom is -0.385 e. The van der Waals surface area contributed by atoms with E-state index in [2.05, 4.69) is 10.2 Å². The SMILES string of the molecule is CC(O)C(=O)c1[nH]n(-c2ccccc2)c(=O)c1/C=C/C=C/C=C1\C(=O)N(c2ccccc2)N=C1C(=O)C1CO1. The molecule has 0 spiro atoms. The topological polar surface area (TPSA) is 137 Å². The molecule has 10 heteroatoms. The molecule has 1 fully saturated rings. The number of rotatable bonds is 9. The van der Waals surface area contributed by atoms with E-state index in [1.807, 2.05) is 6.07 Å². The molecule has 2 N–H and O–H groups in total. The zero-order valence-electron chi connectivity index (χ0n) is 20.9. The number of aliphatic hydroxyl groups is 1.